The molecule has 1 N–H and O–H groups in total. The van der Waals surface area contributed by atoms with E-state index in [2.05, 4.69) is 28.4 Å². The molecule has 11 heteroatoms. The van der Waals surface area contributed by atoms with Crippen LogP contribution in [0, 0.1) is 5.41 Å². The number of aromatic nitrogens is 1. The largest absolute Gasteiger partial charge is 0.454 e. The van der Waals surface area contributed by atoms with E-state index in [0.29, 0.717) is 32.1 Å². The van der Waals surface area contributed by atoms with E-state index in [-0.39, 0.29) is 22.8 Å². The zero-order valence-electron chi connectivity index (χ0n) is 20.4. The minimum Gasteiger partial charge on any atom is -0.454 e. The maximum absolute atomic E-state index is 13.0. The van der Waals surface area contributed by atoms with Crippen molar-refractivity contribution in [3.8, 4) is 0 Å². The molecule has 3 heterocycles. The number of anilines is 1. The van der Waals surface area contributed by atoms with Crippen LogP contribution in [0.3, 0.4) is 0 Å². The molecule has 0 spiro atoms. The first kappa shape index (κ1) is 23.4. The van der Waals surface area contributed by atoms with E-state index in [1.807, 2.05) is 0 Å². The van der Waals surface area contributed by atoms with Gasteiger partial charge in [0.05, 0.1) is 28.8 Å². The number of thiazole rings is 1. The van der Waals surface area contributed by atoms with Crippen molar-refractivity contribution < 1.29 is 27.2 Å². The molecule has 5 fully saturated rings. The lowest BCUT2D eigenvalue weighted by Crippen LogP contribution is -2.70. The van der Waals surface area contributed by atoms with E-state index < -0.39 is 25.9 Å². The number of hydrogen-bond acceptors (Lipinski definition) is 9. The summed E-state index contributed by atoms with van der Waals surface area (Å²) in [4.78, 5) is 33.0. The predicted molar refractivity (Wildman–Crippen MR) is 138 cm³/mol. The molecule has 9 nitrogen and oxygen atoms in total. The quantitative estimate of drug-likeness (QED) is 0.473. The molecule has 4 saturated carbocycles. The molecule has 1 aliphatic heterocycles. The van der Waals surface area contributed by atoms with Crippen molar-refractivity contribution in [2.75, 3.05) is 37.5 Å². The third-order valence-electron chi connectivity index (χ3n) is 8.63. The maximum atomic E-state index is 13.0. The summed E-state index contributed by atoms with van der Waals surface area (Å²) >= 11 is 1.69. The Labute approximate surface area is 218 Å². The van der Waals surface area contributed by atoms with Crippen LogP contribution in [0.4, 0.5) is 5.69 Å². The molecule has 3 aromatic rings. The van der Waals surface area contributed by atoms with Gasteiger partial charge >= 0.3 is 0 Å². The first-order valence-corrected chi connectivity index (χ1v) is 15.2. The molecule has 5 aliphatic rings. The fourth-order valence-corrected chi connectivity index (χ4v) is 8.78. The molecule has 1 aromatic carbocycles. The summed E-state index contributed by atoms with van der Waals surface area (Å²) in [6, 6.07) is 9.38. The number of sulfone groups is 1. The smallest absolute Gasteiger partial charge is 0.293 e. The van der Waals surface area contributed by atoms with Crippen LogP contribution in [0.25, 0.3) is 10.2 Å². The number of benzene rings is 1. The molecule has 1 saturated heterocycles. The Morgan fingerprint density at radius 3 is 2.49 bits per heavy atom. The molecule has 2 bridgehead atoms. The summed E-state index contributed by atoms with van der Waals surface area (Å²) in [7, 11) is -3.35. The van der Waals surface area contributed by atoms with Crippen LogP contribution in [0.5, 0.6) is 0 Å². The number of imide groups is 1. The van der Waals surface area contributed by atoms with Gasteiger partial charge in [-0.1, -0.05) is 0 Å². The second-order valence-electron chi connectivity index (χ2n) is 11.1. The monoisotopic (exact) mass is 541 g/mol. The number of amides is 2. The second kappa shape index (κ2) is 7.64. The van der Waals surface area contributed by atoms with E-state index in [9.17, 15) is 18.0 Å². The Kier molecular flexibility index (Phi) is 4.83. The number of nitrogens with zero attached hydrogens (tertiary/aromatic N) is 2. The Bertz CT molecular complexity index is 1540. The van der Waals surface area contributed by atoms with Gasteiger partial charge in [-0.15, -0.1) is 11.3 Å². The summed E-state index contributed by atoms with van der Waals surface area (Å²) in [6.45, 7) is 3.22. The van der Waals surface area contributed by atoms with Crippen molar-refractivity contribution in [1.29, 1.82) is 0 Å². The van der Waals surface area contributed by atoms with Crippen molar-refractivity contribution >= 4 is 48.9 Å². The van der Waals surface area contributed by atoms with Crippen LogP contribution in [-0.2, 0) is 29.5 Å². The topological polar surface area (TPSA) is 119 Å². The van der Waals surface area contributed by atoms with E-state index >= 15 is 0 Å². The van der Waals surface area contributed by atoms with Gasteiger partial charge in [-0.05, 0) is 62.4 Å². The van der Waals surface area contributed by atoms with E-state index in [4.69, 9.17) is 14.1 Å². The lowest BCUT2D eigenvalue weighted by atomic mass is 9.35. The fraction of sp³-hybridized carbons (Fsp3) is 0.500. The number of rotatable bonds is 6. The molecular weight excluding hydrogens is 514 g/mol. The van der Waals surface area contributed by atoms with Crippen LogP contribution in [0.1, 0.15) is 53.4 Å². The van der Waals surface area contributed by atoms with Gasteiger partial charge in [0.15, 0.2) is 15.6 Å². The number of fused-ring (bicyclic) bond motifs is 1. The van der Waals surface area contributed by atoms with Gasteiger partial charge in [0, 0.05) is 30.4 Å². The van der Waals surface area contributed by atoms with Crippen molar-refractivity contribution in [3.05, 3.63) is 46.9 Å². The standard InChI is InChI=1S/C26H27N3O6S2/c1-37(32,33)26(6-7-26)20-5-3-18(35-20)21(30)28-22(31)24-13-25(14-24,15-24)23-27-17-12-16(2-4-19(17)36-23)29-8-10-34-11-9-29/h2-5,12H,6-11,13-15H2,1H3,(H,28,30,31). The number of morpholine rings is 1. The van der Waals surface area contributed by atoms with Crippen LogP contribution in [-0.4, -0.2) is 57.8 Å². The first-order valence-electron chi connectivity index (χ1n) is 12.5. The lowest BCUT2D eigenvalue weighted by Gasteiger charge is -2.68. The van der Waals surface area contributed by atoms with Crippen LogP contribution in [0.2, 0.25) is 0 Å². The van der Waals surface area contributed by atoms with Gasteiger partial charge in [0.25, 0.3) is 5.91 Å². The highest BCUT2D eigenvalue weighted by atomic mass is 32.2. The maximum Gasteiger partial charge on any atom is 0.293 e. The molecule has 4 aliphatic carbocycles. The summed E-state index contributed by atoms with van der Waals surface area (Å²) in [5.41, 5.74) is 1.50. The van der Waals surface area contributed by atoms with Crippen LogP contribution in [0.15, 0.2) is 34.7 Å². The molecule has 2 amide bonds. The fourth-order valence-electron chi connectivity index (χ4n) is 6.33. The van der Waals surface area contributed by atoms with E-state index in [1.165, 1.54) is 18.4 Å². The zero-order chi connectivity index (χ0) is 25.6. The van der Waals surface area contributed by atoms with Crippen molar-refractivity contribution in [3.63, 3.8) is 0 Å². The highest BCUT2D eigenvalue weighted by molar-refractivity contribution is 7.91. The molecule has 37 heavy (non-hydrogen) atoms. The van der Waals surface area contributed by atoms with Crippen molar-refractivity contribution in [2.45, 2.75) is 42.3 Å². The minimum atomic E-state index is -3.35. The summed E-state index contributed by atoms with van der Waals surface area (Å²) in [5.74, 6) is -0.696. The number of hydrogen-bond donors (Lipinski definition) is 1. The third-order valence-corrected chi connectivity index (χ3v) is 11.9. The van der Waals surface area contributed by atoms with Crippen molar-refractivity contribution in [1.82, 2.24) is 10.3 Å². The van der Waals surface area contributed by atoms with Gasteiger partial charge in [0.1, 0.15) is 15.5 Å². The molecule has 0 unspecified atom stereocenters. The van der Waals surface area contributed by atoms with Gasteiger partial charge in [-0.3, -0.25) is 14.9 Å². The molecule has 2 aromatic heterocycles. The minimum absolute atomic E-state index is 0.0400. The second-order valence-corrected chi connectivity index (χ2v) is 14.4. The molecular formula is C26H27N3O6S2. The van der Waals surface area contributed by atoms with Crippen molar-refractivity contribution in [2.24, 2.45) is 5.41 Å². The summed E-state index contributed by atoms with van der Waals surface area (Å²) in [5, 5.41) is 3.55. The average Bonchev–Trinajstić information content (AvgIpc) is 3.31. The number of nitrogens with one attached hydrogen (secondary N) is 1. The SMILES string of the molecule is CS(=O)(=O)C1(c2ccc(C(=O)NC(=O)C34CC(c5nc6cc(N7CCOCC7)ccc6s5)(C3)C4)o2)CC1. The normalized spacial score (nSPS) is 27.9. The molecule has 0 atom stereocenters. The molecule has 194 valence electrons. The van der Waals surface area contributed by atoms with Gasteiger partial charge in [0.2, 0.25) is 5.91 Å². The van der Waals surface area contributed by atoms with E-state index in [0.717, 1.165) is 47.2 Å². The first-order chi connectivity index (χ1) is 17.6. The Hall–Kier alpha value is -2.76. The molecule has 8 rings (SSSR count). The number of carbonyl (C=O) groups excluding carboxylic acids is 2. The average molecular weight is 542 g/mol. The van der Waals surface area contributed by atoms with Crippen LogP contribution >= 0.6 is 11.3 Å². The van der Waals surface area contributed by atoms with Crippen LogP contribution < -0.4 is 10.2 Å². The van der Waals surface area contributed by atoms with E-state index in [1.54, 1.807) is 11.3 Å². The third kappa shape index (κ3) is 3.43. The number of carbonyl (C=O) groups is 2. The Morgan fingerprint density at radius 2 is 1.81 bits per heavy atom. The van der Waals surface area contributed by atoms with Gasteiger partial charge < -0.3 is 14.1 Å². The summed E-state index contributed by atoms with van der Waals surface area (Å²) in [6.07, 6.45) is 4.16. The highest BCUT2D eigenvalue weighted by Crippen LogP contribution is 2.74. The summed E-state index contributed by atoms with van der Waals surface area (Å²) < 4.78 is 35.4. The zero-order valence-corrected chi connectivity index (χ0v) is 22.0. The Morgan fingerprint density at radius 1 is 1.08 bits per heavy atom. The van der Waals surface area contributed by atoms with Gasteiger partial charge in [-0.2, -0.15) is 0 Å². The predicted octanol–water partition coefficient (Wildman–Crippen LogP) is 3.14. The Balaban J connectivity index is 1.01. The number of ether oxygens (including phenoxy) is 1. The van der Waals surface area contributed by atoms with Gasteiger partial charge in [-0.25, -0.2) is 13.4 Å². The highest BCUT2D eigenvalue weighted by Gasteiger charge is 2.73. The number of furan rings is 1. The lowest BCUT2D eigenvalue weighted by molar-refractivity contribution is -0.174. The molecule has 0 radical (unpaired) electrons.